The Morgan fingerprint density at radius 3 is 1.59 bits per heavy atom. The molecule has 0 rings (SSSR count). The van der Waals surface area contributed by atoms with Crippen LogP contribution in [0.5, 0.6) is 0 Å². The minimum absolute atomic E-state index is 0.00752. The molecule has 1 unspecified atom stereocenters. The van der Waals surface area contributed by atoms with E-state index in [4.69, 9.17) is 11.6 Å². The molecule has 5 heteroatoms. The Kier molecular flexibility index (Phi) is 31.2. The van der Waals surface area contributed by atoms with Crippen molar-refractivity contribution in [3.63, 3.8) is 0 Å². The van der Waals surface area contributed by atoms with E-state index in [0.717, 1.165) is 6.42 Å². The monoisotopic (exact) mass is 321 g/mol. The molecule has 1 atom stereocenters. The second-order valence-electron chi connectivity index (χ2n) is 5.73. The molecule has 0 heterocycles. The molecule has 0 aromatic rings. The van der Waals surface area contributed by atoms with Gasteiger partial charge in [0.05, 0.1) is 0 Å². The first-order chi connectivity index (χ1) is 10.3. The summed E-state index contributed by atoms with van der Waals surface area (Å²) in [5.74, 6) is 5.66. The SMILES string of the molecule is CC.CCC.CCCC.CNNC(C)(C)CC(CN)N(C)N. The summed E-state index contributed by atoms with van der Waals surface area (Å²) in [5.41, 5.74) is 11.7. The molecule has 22 heavy (non-hydrogen) atoms. The standard InChI is InChI=1S/C8H23N5.C4H10.C3H8.C2H6/c1-8(2,12-11-3)5-7(6-9)13(4)10;1-3-4-2;1-3-2;1-2/h7,11-12H,5-6,9-10H2,1-4H3;3-4H2,1-2H3;3H2,1-2H3;1-2H3. The summed E-state index contributed by atoms with van der Waals surface area (Å²) >= 11 is 0. The molecule has 0 radical (unpaired) electrons. The van der Waals surface area contributed by atoms with Gasteiger partial charge in [-0.3, -0.25) is 16.7 Å². The van der Waals surface area contributed by atoms with Gasteiger partial charge >= 0.3 is 0 Å². The van der Waals surface area contributed by atoms with E-state index in [0.29, 0.717) is 6.54 Å². The molecule has 0 saturated heterocycles. The number of unbranched alkanes of at least 4 members (excludes halogenated alkanes) is 1. The Morgan fingerprint density at radius 1 is 1.05 bits per heavy atom. The lowest BCUT2D eigenvalue weighted by Gasteiger charge is -2.32. The lowest BCUT2D eigenvalue weighted by atomic mass is 9.96. The van der Waals surface area contributed by atoms with E-state index in [1.54, 1.807) is 5.01 Å². The zero-order valence-corrected chi connectivity index (χ0v) is 17.2. The van der Waals surface area contributed by atoms with Crippen molar-refractivity contribution in [3.8, 4) is 0 Å². The molecular formula is C17H47N5. The van der Waals surface area contributed by atoms with Gasteiger partial charge in [0, 0.05) is 25.2 Å². The van der Waals surface area contributed by atoms with Crippen molar-refractivity contribution in [3.05, 3.63) is 0 Å². The molecule has 0 saturated carbocycles. The molecule has 0 aromatic carbocycles. The lowest BCUT2D eigenvalue weighted by Crippen LogP contribution is -2.53. The van der Waals surface area contributed by atoms with E-state index >= 15 is 0 Å². The molecule has 0 fully saturated rings. The molecule has 6 N–H and O–H groups in total. The van der Waals surface area contributed by atoms with E-state index in [1.165, 1.54) is 19.3 Å². The second-order valence-corrected chi connectivity index (χ2v) is 5.73. The smallest absolute Gasteiger partial charge is 0.0378 e. The van der Waals surface area contributed by atoms with Crippen molar-refractivity contribution < 1.29 is 0 Å². The van der Waals surface area contributed by atoms with Gasteiger partial charge in [0.2, 0.25) is 0 Å². The summed E-state index contributed by atoms with van der Waals surface area (Å²) in [7, 11) is 3.69. The summed E-state index contributed by atoms with van der Waals surface area (Å²) in [6, 6.07) is 0.204. The first kappa shape index (κ1) is 29.8. The van der Waals surface area contributed by atoms with Crippen molar-refractivity contribution in [1.29, 1.82) is 0 Å². The molecule has 0 amide bonds. The van der Waals surface area contributed by atoms with Crippen molar-refractivity contribution in [2.75, 3.05) is 20.6 Å². The van der Waals surface area contributed by atoms with Crippen LogP contribution in [0.25, 0.3) is 0 Å². The fraction of sp³-hybridized carbons (Fsp3) is 1.00. The highest BCUT2D eigenvalue weighted by Gasteiger charge is 2.23. The van der Waals surface area contributed by atoms with Crippen LogP contribution in [-0.4, -0.2) is 37.2 Å². The summed E-state index contributed by atoms with van der Waals surface area (Å²) in [4.78, 5) is 0. The minimum Gasteiger partial charge on any atom is -0.329 e. The number of rotatable bonds is 7. The predicted molar refractivity (Wildman–Crippen MR) is 104 cm³/mol. The molecule has 0 aromatic heterocycles. The van der Waals surface area contributed by atoms with Crippen LogP contribution in [0.1, 0.15) is 81.1 Å². The normalized spacial score (nSPS) is 11.3. The number of hydrogen-bond donors (Lipinski definition) is 4. The average Bonchev–Trinajstić information content (AvgIpc) is 2.47. The lowest BCUT2D eigenvalue weighted by molar-refractivity contribution is 0.186. The fourth-order valence-corrected chi connectivity index (χ4v) is 1.37. The van der Waals surface area contributed by atoms with Crippen LogP contribution in [0, 0.1) is 0 Å². The van der Waals surface area contributed by atoms with E-state index in [1.807, 2.05) is 27.9 Å². The molecule has 0 aliphatic heterocycles. The van der Waals surface area contributed by atoms with Crippen LogP contribution >= 0.6 is 0 Å². The van der Waals surface area contributed by atoms with Gasteiger partial charge in [0.25, 0.3) is 0 Å². The van der Waals surface area contributed by atoms with E-state index < -0.39 is 0 Å². The van der Waals surface area contributed by atoms with Gasteiger partial charge in [-0.1, -0.05) is 60.8 Å². The topological polar surface area (TPSA) is 79.3 Å². The van der Waals surface area contributed by atoms with Gasteiger partial charge in [0.1, 0.15) is 0 Å². The van der Waals surface area contributed by atoms with Crippen molar-refractivity contribution in [2.45, 2.75) is 92.7 Å². The molecule has 140 valence electrons. The largest absolute Gasteiger partial charge is 0.329 e. The summed E-state index contributed by atoms with van der Waals surface area (Å²) in [6.07, 6.45) is 4.79. The highest BCUT2D eigenvalue weighted by atomic mass is 15.4. The molecule has 0 bridgehead atoms. The Bertz CT molecular complexity index is 170. The zero-order chi connectivity index (χ0) is 18.6. The summed E-state index contributed by atoms with van der Waals surface area (Å²) in [6.45, 7) is 17.4. The number of hydrogen-bond acceptors (Lipinski definition) is 5. The fourth-order valence-electron chi connectivity index (χ4n) is 1.37. The van der Waals surface area contributed by atoms with Gasteiger partial charge in [-0.15, -0.1) is 0 Å². The van der Waals surface area contributed by atoms with Crippen LogP contribution in [-0.2, 0) is 0 Å². The van der Waals surface area contributed by atoms with Crippen molar-refractivity contribution in [1.82, 2.24) is 15.9 Å². The van der Waals surface area contributed by atoms with E-state index in [9.17, 15) is 0 Å². The number of nitrogens with two attached hydrogens (primary N) is 2. The van der Waals surface area contributed by atoms with Gasteiger partial charge in [0.15, 0.2) is 0 Å². The molecule has 0 aliphatic rings. The van der Waals surface area contributed by atoms with Gasteiger partial charge in [-0.2, -0.15) is 0 Å². The van der Waals surface area contributed by atoms with Gasteiger partial charge < -0.3 is 5.73 Å². The first-order valence-electron chi connectivity index (χ1n) is 8.87. The van der Waals surface area contributed by atoms with E-state index in [-0.39, 0.29) is 11.6 Å². The van der Waals surface area contributed by atoms with Gasteiger partial charge in [-0.25, -0.2) is 5.01 Å². The zero-order valence-electron chi connectivity index (χ0n) is 17.2. The maximum atomic E-state index is 5.66. The predicted octanol–water partition coefficient (Wildman–Crippen LogP) is 3.26. The highest BCUT2D eigenvalue weighted by Crippen LogP contribution is 2.11. The first-order valence-corrected chi connectivity index (χ1v) is 8.87. The van der Waals surface area contributed by atoms with Crippen LogP contribution in [0.15, 0.2) is 0 Å². The Labute approximate surface area is 141 Å². The van der Waals surface area contributed by atoms with Crippen LogP contribution in [0.2, 0.25) is 0 Å². The number of hydrazine groups is 2. The third-order valence-corrected chi connectivity index (χ3v) is 2.56. The van der Waals surface area contributed by atoms with Crippen LogP contribution in [0.4, 0.5) is 0 Å². The molecule has 5 nitrogen and oxygen atoms in total. The number of likely N-dealkylation sites (N-methyl/N-ethyl adjacent to an activating group) is 1. The number of nitrogens with zero attached hydrogens (tertiary/aromatic N) is 1. The van der Waals surface area contributed by atoms with Crippen LogP contribution < -0.4 is 22.4 Å². The quantitative estimate of drug-likeness (QED) is 0.427. The highest BCUT2D eigenvalue weighted by molar-refractivity contribution is 4.82. The minimum atomic E-state index is -0.00752. The average molecular weight is 322 g/mol. The third kappa shape index (κ3) is 28.0. The van der Waals surface area contributed by atoms with Crippen molar-refractivity contribution >= 4 is 0 Å². The molecular weight excluding hydrogens is 274 g/mol. The molecule has 0 aliphatic carbocycles. The Morgan fingerprint density at radius 2 is 1.41 bits per heavy atom. The summed E-state index contributed by atoms with van der Waals surface area (Å²) < 4.78 is 0. The third-order valence-electron chi connectivity index (χ3n) is 2.56. The second kappa shape index (κ2) is 23.1. The van der Waals surface area contributed by atoms with Crippen LogP contribution in [0.3, 0.4) is 0 Å². The van der Waals surface area contributed by atoms with Gasteiger partial charge in [-0.05, 0) is 27.3 Å². The molecule has 0 spiro atoms. The summed E-state index contributed by atoms with van der Waals surface area (Å²) in [5, 5.41) is 1.67. The van der Waals surface area contributed by atoms with E-state index in [2.05, 4.69) is 52.4 Å². The van der Waals surface area contributed by atoms with Crippen molar-refractivity contribution in [2.24, 2.45) is 11.6 Å². The Hall–Kier alpha value is -0.200. The maximum absolute atomic E-state index is 5.66. The maximum Gasteiger partial charge on any atom is 0.0378 e. The Balaban J connectivity index is -0.000000149. The number of nitrogens with one attached hydrogen (secondary N) is 2.